The zero-order valence-corrected chi connectivity index (χ0v) is 21.2. The summed E-state index contributed by atoms with van der Waals surface area (Å²) < 4.78 is 7.53. The van der Waals surface area contributed by atoms with Crippen molar-refractivity contribution in [3.8, 4) is 16.9 Å². The van der Waals surface area contributed by atoms with Crippen LogP contribution in [-0.4, -0.2) is 37.8 Å². The van der Waals surface area contributed by atoms with Crippen LogP contribution in [0.25, 0.3) is 16.8 Å². The van der Waals surface area contributed by atoms with E-state index in [4.69, 9.17) is 16.3 Å². The number of pyridine rings is 1. The topological polar surface area (TPSA) is 84.1 Å². The van der Waals surface area contributed by atoms with Crippen LogP contribution in [0.15, 0.2) is 89.9 Å². The number of imidazole rings is 1. The lowest BCUT2D eigenvalue weighted by Crippen LogP contribution is -2.35. The minimum atomic E-state index is -1.10. The second-order valence-electron chi connectivity index (χ2n) is 8.43. The van der Waals surface area contributed by atoms with Gasteiger partial charge in [-0.15, -0.1) is 0 Å². The smallest absolute Gasteiger partial charge is 0.323 e. The quantitative estimate of drug-likeness (QED) is 0.251. The van der Waals surface area contributed by atoms with Crippen molar-refractivity contribution in [2.24, 2.45) is 0 Å². The molecule has 0 fully saturated rings. The van der Waals surface area contributed by atoms with Crippen LogP contribution < -0.4 is 4.74 Å². The highest BCUT2D eigenvalue weighted by atomic mass is 35.5. The Balaban J connectivity index is 1.32. The molecule has 0 unspecified atom stereocenters. The maximum absolute atomic E-state index is 13.3. The summed E-state index contributed by atoms with van der Waals surface area (Å²) in [6, 6.07) is 20.5. The molecule has 0 atom stereocenters. The summed E-state index contributed by atoms with van der Waals surface area (Å²) in [6.45, 7) is 0.152. The molecule has 0 aliphatic carbocycles. The molecule has 0 saturated carbocycles. The number of fused-ring (bicyclic) bond motifs is 1. The molecular formula is C28H22ClN3O4S. The Morgan fingerprint density at radius 3 is 2.49 bits per heavy atom. The van der Waals surface area contributed by atoms with Gasteiger partial charge in [-0.05, 0) is 75.5 Å². The molecule has 0 aliphatic heterocycles. The van der Waals surface area contributed by atoms with Gasteiger partial charge in [0.05, 0.1) is 0 Å². The van der Waals surface area contributed by atoms with E-state index in [0.29, 0.717) is 23.0 Å². The number of carbonyl (C=O) groups excluding carboxylic acids is 1. The Labute approximate surface area is 222 Å². The number of ether oxygens (including phenoxy) is 1. The Morgan fingerprint density at radius 2 is 1.78 bits per heavy atom. The largest absolute Gasteiger partial charge is 0.489 e. The molecule has 0 saturated heterocycles. The predicted molar refractivity (Wildman–Crippen MR) is 143 cm³/mol. The fourth-order valence-electron chi connectivity index (χ4n) is 3.88. The normalized spacial score (nSPS) is 10.9. The molecule has 3 aromatic heterocycles. The van der Waals surface area contributed by atoms with E-state index in [1.807, 2.05) is 83.7 Å². The molecule has 2 aromatic carbocycles. The van der Waals surface area contributed by atoms with Gasteiger partial charge < -0.3 is 19.1 Å². The molecule has 186 valence electrons. The average Bonchev–Trinajstić information content (AvgIpc) is 3.57. The summed E-state index contributed by atoms with van der Waals surface area (Å²) in [4.78, 5) is 30.6. The van der Waals surface area contributed by atoms with Crippen molar-refractivity contribution >= 4 is 40.5 Å². The summed E-state index contributed by atoms with van der Waals surface area (Å²) in [6.07, 6.45) is 3.43. The van der Waals surface area contributed by atoms with Gasteiger partial charge in [0.25, 0.3) is 5.91 Å². The van der Waals surface area contributed by atoms with Crippen LogP contribution >= 0.6 is 22.9 Å². The first-order valence-corrected chi connectivity index (χ1v) is 12.8. The van der Waals surface area contributed by atoms with Crippen molar-refractivity contribution in [1.82, 2.24) is 14.3 Å². The monoisotopic (exact) mass is 531 g/mol. The van der Waals surface area contributed by atoms with E-state index in [0.717, 1.165) is 22.3 Å². The molecule has 0 aliphatic rings. The number of carboxylic acid groups (broad SMARTS) is 1. The zero-order chi connectivity index (χ0) is 25.8. The fourth-order valence-corrected chi connectivity index (χ4v) is 4.66. The van der Waals surface area contributed by atoms with Crippen LogP contribution in [0.5, 0.6) is 5.75 Å². The lowest BCUT2D eigenvalue weighted by atomic mass is 10.1. The van der Waals surface area contributed by atoms with Crippen LogP contribution in [0.3, 0.4) is 0 Å². The SMILES string of the molecule is O=C(O)CN(Cc1ccc(OCc2ccsc2)cc1)C(=O)c1cn2ccc(-c3ccc(Cl)cc3)cc2n1. The maximum Gasteiger partial charge on any atom is 0.323 e. The first-order chi connectivity index (χ1) is 17.9. The number of carboxylic acids is 1. The Morgan fingerprint density at radius 1 is 1.00 bits per heavy atom. The molecular weight excluding hydrogens is 510 g/mol. The second kappa shape index (κ2) is 10.9. The third kappa shape index (κ3) is 5.99. The number of aromatic nitrogens is 2. The Kier molecular flexibility index (Phi) is 7.20. The van der Waals surface area contributed by atoms with Gasteiger partial charge in [-0.2, -0.15) is 11.3 Å². The minimum absolute atomic E-state index is 0.125. The van der Waals surface area contributed by atoms with Gasteiger partial charge in [0, 0.05) is 24.0 Å². The van der Waals surface area contributed by atoms with E-state index < -0.39 is 18.4 Å². The number of hydrogen-bond acceptors (Lipinski definition) is 5. The molecule has 7 nitrogen and oxygen atoms in total. The lowest BCUT2D eigenvalue weighted by molar-refractivity contribution is -0.137. The summed E-state index contributed by atoms with van der Waals surface area (Å²) >= 11 is 7.60. The summed E-state index contributed by atoms with van der Waals surface area (Å²) in [7, 11) is 0. The molecule has 9 heteroatoms. The highest BCUT2D eigenvalue weighted by Gasteiger charge is 2.22. The first-order valence-electron chi connectivity index (χ1n) is 11.4. The molecule has 0 spiro atoms. The maximum atomic E-state index is 13.3. The van der Waals surface area contributed by atoms with Gasteiger partial charge in [-0.3, -0.25) is 9.59 Å². The van der Waals surface area contributed by atoms with Gasteiger partial charge in [0.2, 0.25) is 0 Å². The van der Waals surface area contributed by atoms with E-state index in [2.05, 4.69) is 4.98 Å². The van der Waals surface area contributed by atoms with Gasteiger partial charge in [0.1, 0.15) is 30.2 Å². The number of aliphatic carboxylic acids is 1. The molecule has 5 aromatic rings. The van der Waals surface area contributed by atoms with Crippen molar-refractivity contribution in [3.63, 3.8) is 0 Å². The van der Waals surface area contributed by atoms with Crippen molar-refractivity contribution in [3.05, 3.63) is 112 Å². The number of thiophene rings is 1. The van der Waals surface area contributed by atoms with Crippen LogP contribution in [-0.2, 0) is 17.9 Å². The molecule has 1 N–H and O–H groups in total. The molecule has 5 rings (SSSR count). The van der Waals surface area contributed by atoms with Crippen molar-refractivity contribution in [2.75, 3.05) is 6.54 Å². The predicted octanol–water partition coefficient (Wildman–Crippen LogP) is 6.02. The third-order valence-corrected chi connectivity index (χ3v) is 6.74. The fraction of sp³-hybridized carbons (Fsp3) is 0.107. The van der Waals surface area contributed by atoms with Crippen molar-refractivity contribution in [2.45, 2.75) is 13.2 Å². The van der Waals surface area contributed by atoms with Crippen LogP contribution in [0.1, 0.15) is 21.6 Å². The standard InChI is InChI=1S/C28H22ClN3O4S/c29-23-5-3-21(4-6-23)22-9-11-31-15-25(30-26(31)13-22)28(35)32(16-27(33)34)14-19-1-7-24(8-2-19)36-17-20-10-12-37-18-20/h1-13,15,18H,14,16-17H2,(H,33,34). The molecule has 0 radical (unpaired) electrons. The van der Waals surface area contributed by atoms with Crippen LogP contribution in [0.2, 0.25) is 5.02 Å². The van der Waals surface area contributed by atoms with Gasteiger partial charge >= 0.3 is 5.97 Å². The van der Waals surface area contributed by atoms with E-state index in [1.54, 1.807) is 21.9 Å². The average molecular weight is 532 g/mol. The highest BCUT2D eigenvalue weighted by molar-refractivity contribution is 7.07. The molecule has 3 heterocycles. The number of nitrogens with zero attached hydrogens (tertiary/aromatic N) is 3. The lowest BCUT2D eigenvalue weighted by Gasteiger charge is -2.20. The van der Waals surface area contributed by atoms with Crippen LogP contribution in [0, 0.1) is 0 Å². The number of carbonyl (C=O) groups is 2. The summed E-state index contributed by atoms with van der Waals surface area (Å²) in [5.41, 5.74) is 4.53. The number of halogens is 1. The summed E-state index contributed by atoms with van der Waals surface area (Å²) in [5.74, 6) is -0.863. The first kappa shape index (κ1) is 24.5. The van der Waals surface area contributed by atoms with E-state index in [9.17, 15) is 14.7 Å². The third-order valence-electron chi connectivity index (χ3n) is 5.75. The molecule has 37 heavy (non-hydrogen) atoms. The Bertz CT molecular complexity index is 1530. The van der Waals surface area contributed by atoms with Crippen molar-refractivity contribution in [1.29, 1.82) is 0 Å². The number of hydrogen-bond donors (Lipinski definition) is 1. The number of amides is 1. The van der Waals surface area contributed by atoms with E-state index in [1.165, 1.54) is 4.90 Å². The van der Waals surface area contributed by atoms with Crippen LogP contribution in [0.4, 0.5) is 0 Å². The second-order valence-corrected chi connectivity index (χ2v) is 9.65. The van der Waals surface area contributed by atoms with Gasteiger partial charge in [-0.1, -0.05) is 35.9 Å². The number of benzene rings is 2. The Hall–Kier alpha value is -4.14. The van der Waals surface area contributed by atoms with Gasteiger partial charge in [0.15, 0.2) is 0 Å². The van der Waals surface area contributed by atoms with Gasteiger partial charge in [-0.25, -0.2) is 4.98 Å². The molecule has 1 amide bonds. The minimum Gasteiger partial charge on any atom is -0.489 e. The van der Waals surface area contributed by atoms with E-state index in [-0.39, 0.29) is 12.2 Å². The summed E-state index contributed by atoms with van der Waals surface area (Å²) in [5, 5.41) is 14.1. The molecule has 0 bridgehead atoms. The highest BCUT2D eigenvalue weighted by Crippen LogP contribution is 2.23. The van der Waals surface area contributed by atoms with E-state index >= 15 is 0 Å². The number of rotatable bonds is 9. The van der Waals surface area contributed by atoms with Crippen molar-refractivity contribution < 1.29 is 19.4 Å². The zero-order valence-electron chi connectivity index (χ0n) is 19.6.